The molecule has 2 N–H and O–H groups in total. The van der Waals surface area contributed by atoms with Gasteiger partial charge in [0.25, 0.3) is 5.69 Å². The molecule has 0 aromatic heterocycles. The number of fused-ring (bicyclic) bond motifs is 1. The molecule has 0 amide bonds. The summed E-state index contributed by atoms with van der Waals surface area (Å²) in [5.41, 5.74) is 3.31. The van der Waals surface area contributed by atoms with Crippen molar-refractivity contribution >= 4 is 22.6 Å². The molecule has 23 heavy (non-hydrogen) atoms. The van der Waals surface area contributed by atoms with E-state index in [1.165, 1.54) is 0 Å². The number of hydrogen-bond acceptors (Lipinski definition) is 6. The molecule has 6 nitrogen and oxygen atoms in total. The van der Waals surface area contributed by atoms with Gasteiger partial charge < -0.3 is 10.5 Å². The van der Waals surface area contributed by atoms with E-state index in [-0.39, 0.29) is 17.3 Å². The minimum absolute atomic E-state index is 0.121. The van der Waals surface area contributed by atoms with Crippen molar-refractivity contribution in [2.75, 3.05) is 19.0 Å². The Hall–Kier alpha value is -1.81. The quantitative estimate of drug-likeness (QED) is 0.668. The lowest BCUT2D eigenvalue weighted by molar-refractivity contribution is -0.385. The molecule has 0 spiro atoms. The van der Waals surface area contributed by atoms with Crippen LogP contribution in [0.15, 0.2) is 17.1 Å². The molecule has 0 aliphatic carbocycles. The number of alkyl halides is 1. The van der Waals surface area contributed by atoms with E-state index in [0.717, 1.165) is 17.8 Å². The fraction of sp³-hybridized carbons (Fsp3) is 0.462. The first-order chi connectivity index (χ1) is 10.9. The number of amidine groups is 1. The van der Waals surface area contributed by atoms with E-state index in [1.54, 1.807) is 0 Å². The number of nitro groups is 1. The van der Waals surface area contributed by atoms with Crippen LogP contribution < -0.4 is 5.73 Å². The molecule has 1 fully saturated rings. The van der Waals surface area contributed by atoms with E-state index in [0.29, 0.717) is 11.8 Å². The van der Waals surface area contributed by atoms with Crippen LogP contribution in [0.1, 0.15) is 5.56 Å². The summed E-state index contributed by atoms with van der Waals surface area (Å²) in [6.07, 6.45) is -0.846. The van der Waals surface area contributed by atoms with Crippen LogP contribution >= 0.6 is 11.8 Å². The molecule has 1 saturated heterocycles. The Morgan fingerprint density at radius 2 is 2.26 bits per heavy atom. The third-order valence-corrected chi connectivity index (χ3v) is 5.06. The van der Waals surface area contributed by atoms with Crippen LogP contribution in [0, 0.1) is 27.7 Å². The average Bonchev–Trinajstić information content (AvgIpc) is 2.88. The summed E-state index contributed by atoms with van der Waals surface area (Å²) in [5.74, 6) is -2.92. The molecule has 0 bridgehead atoms. The van der Waals surface area contributed by atoms with E-state index in [1.807, 2.05) is 0 Å². The smallest absolute Gasteiger partial charge is 0.272 e. The highest BCUT2D eigenvalue weighted by Gasteiger charge is 2.54. The molecule has 0 saturated carbocycles. The van der Waals surface area contributed by atoms with Gasteiger partial charge in [0.15, 0.2) is 16.8 Å². The van der Waals surface area contributed by atoms with Gasteiger partial charge in [0, 0.05) is 23.3 Å². The predicted molar refractivity (Wildman–Crippen MR) is 78.0 cm³/mol. The number of benzene rings is 1. The Kier molecular flexibility index (Phi) is 3.96. The topological polar surface area (TPSA) is 90.8 Å². The first-order valence-electron chi connectivity index (χ1n) is 6.68. The van der Waals surface area contributed by atoms with Crippen molar-refractivity contribution in [3.63, 3.8) is 0 Å². The molecular formula is C13H12F3N3O3S. The van der Waals surface area contributed by atoms with E-state index in [4.69, 9.17) is 10.5 Å². The van der Waals surface area contributed by atoms with Gasteiger partial charge in [0.2, 0.25) is 0 Å². The zero-order valence-electron chi connectivity index (χ0n) is 11.7. The Bertz CT molecular complexity index is 703. The first-order valence-corrected chi connectivity index (χ1v) is 7.67. The average molecular weight is 347 g/mol. The zero-order valence-corrected chi connectivity index (χ0v) is 12.5. The van der Waals surface area contributed by atoms with Crippen LogP contribution in [0.4, 0.5) is 18.9 Å². The summed E-state index contributed by atoms with van der Waals surface area (Å²) in [6.45, 7) is -1.04. The van der Waals surface area contributed by atoms with Gasteiger partial charge in [-0.25, -0.2) is 18.2 Å². The molecule has 1 aromatic rings. The van der Waals surface area contributed by atoms with Crippen molar-refractivity contribution in [1.29, 1.82) is 0 Å². The molecule has 3 unspecified atom stereocenters. The molecule has 2 aliphatic rings. The Labute approximate surface area is 133 Å². The number of nitro benzene ring substituents is 1. The van der Waals surface area contributed by atoms with Gasteiger partial charge in [-0.2, -0.15) is 0 Å². The maximum absolute atomic E-state index is 14.4. The molecule has 3 atom stereocenters. The van der Waals surface area contributed by atoms with Crippen LogP contribution in [-0.2, 0) is 10.3 Å². The maximum atomic E-state index is 14.4. The van der Waals surface area contributed by atoms with E-state index in [9.17, 15) is 23.3 Å². The minimum Gasteiger partial charge on any atom is -0.379 e. The van der Waals surface area contributed by atoms with Gasteiger partial charge in [0.1, 0.15) is 12.2 Å². The third-order valence-electron chi connectivity index (χ3n) is 4.14. The molecular weight excluding hydrogens is 335 g/mol. The number of nitrogens with zero attached hydrogens (tertiary/aromatic N) is 2. The fourth-order valence-electron chi connectivity index (χ4n) is 3.01. The number of ether oxygens (including phenoxy) is 1. The Morgan fingerprint density at radius 3 is 2.91 bits per heavy atom. The number of thioether (sulfide) groups is 1. The zero-order chi connectivity index (χ0) is 16.8. The second-order valence-electron chi connectivity index (χ2n) is 5.34. The summed E-state index contributed by atoms with van der Waals surface area (Å²) in [5, 5.41) is 11.1. The SMILES string of the molecule is NC1=NC2(c3cc([N+](=O)[O-])cc(F)c3F)COC(CF)C2CS1. The first kappa shape index (κ1) is 16.1. The third kappa shape index (κ3) is 2.45. The summed E-state index contributed by atoms with van der Waals surface area (Å²) >= 11 is 1.16. The van der Waals surface area contributed by atoms with Crippen molar-refractivity contribution in [3.8, 4) is 0 Å². The van der Waals surface area contributed by atoms with Crippen LogP contribution in [-0.4, -0.2) is 35.2 Å². The van der Waals surface area contributed by atoms with Gasteiger partial charge in [-0.3, -0.25) is 10.1 Å². The van der Waals surface area contributed by atoms with Crippen LogP contribution in [0.25, 0.3) is 0 Å². The Morgan fingerprint density at radius 1 is 1.52 bits per heavy atom. The van der Waals surface area contributed by atoms with Gasteiger partial charge in [-0.05, 0) is 0 Å². The van der Waals surface area contributed by atoms with Crippen molar-refractivity contribution in [2.24, 2.45) is 16.6 Å². The lowest BCUT2D eigenvalue weighted by Crippen LogP contribution is -2.43. The Balaban J connectivity index is 2.22. The van der Waals surface area contributed by atoms with Gasteiger partial charge in [-0.15, -0.1) is 0 Å². The van der Waals surface area contributed by atoms with Crippen LogP contribution in [0.5, 0.6) is 0 Å². The highest BCUT2D eigenvalue weighted by molar-refractivity contribution is 8.13. The number of rotatable bonds is 3. The lowest BCUT2D eigenvalue weighted by Gasteiger charge is -2.35. The molecule has 2 aliphatic heterocycles. The molecule has 124 valence electrons. The highest BCUT2D eigenvalue weighted by atomic mass is 32.2. The standard InChI is InChI=1S/C13H12F3N3O3S/c14-3-10-8-4-23-12(17)18-13(8,5-22-10)7-1-6(19(20)21)2-9(15)11(7)16/h1-2,8,10H,3-5H2,(H2,17,18). The molecule has 10 heteroatoms. The normalized spacial score (nSPS) is 30.0. The number of hydrogen-bond donors (Lipinski definition) is 1. The van der Waals surface area contributed by atoms with Crippen LogP contribution in [0.2, 0.25) is 0 Å². The van der Waals surface area contributed by atoms with Gasteiger partial charge in [0.05, 0.1) is 23.7 Å². The summed E-state index contributed by atoms with van der Waals surface area (Å²) in [6, 6.07) is 1.42. The summed E-state index contributed by atoms with van der Waals surface area (Å²) in [7, 11) is 0. The molecule has 3 rings (SSSR count). The number of halogens is 3. The van der Waals surface area contributed by atoms with Gasteiger partial charge >= 0.3 is 0 Å². The number of aliphatic imine (C=N–C) groups is 1. The second kappa shape index (κ2) is 5.68. The number of non-ortho nitro benzene ring substituents is 1. The van der Waals surface area contributed by atoms with Gasteiger partial charge in [-0.1, -0.05) is 11.8 Å². The lowest BCUT2D eigenvalue weighted by atomic mass is 9.78. The van der Waals surface area contributed by atoms with Crippen molar-refractivity contribution in [3.05, 3.63) is 39.4 Å². The maximum Gasteiger partial charge on any atom is 0.272 e. The van der Waals surface area contributed by atoms with E-state index < -0.39 is 46.5 Å². The molecule has 1 aromatic carbocycles. The summed E-state index contributed by atoms with van der Waals surface area (Å²) < 4.78 is 46.7. The van der Waals surface area contributed by atoms with E-state index >= 15 is 0 Å². The number of nitrogens with two attached hydrogens (primary N) is 1. The van der Waals surface area contributed by atoms with Crippen molar-refractivity contribution in [2.45, 2.75) is 11.6 Å². The second-order valence-corrected chi connectivity index (χ2v) is 6.38. The predicted octanol–water partition coefficient (Wildman–Crippen LogP) is 2.11. The molecule has 2 heterocycles. The highest BCUT2D eigenvalue weighted by Crippen LogP contribution is 2.49. The van der Waals surface area contributed by atoms with Crippen molar-refractivity contribution in [1.82, 2.24) is 0 Å². The molecule has 0 radical (unpaired) electrons. The summed E-state index contributed by atoms with van der Waals surface area (Å²) in [4.78, 5) is 14.3. The largest absolute Gasteiger partial charge is 0.379 e. The van der Waals surface area contributed by atoms with Crippen LogP contribution in [0.3, 0.4) is 0 Å². The monoisotopic (exact) mass is 347 g/mol. The van der Waals surface area contributed by atoms with Crippen molar-refractivity contribution < 1.29 is 22.8 Å². The van der Waals surface area contributed by atoms with E-state index in [2.05, 4.69) is 4.99 Å². The minimum atomic E-state index is -1.46. The fourth-order valence-corrected chi connectivity index (χ4v) is 4.08.